The molecule has 2 heterocycles. The second-order valence-corrected chi connectivity index (χ2v) is 6.49. The van der Waals surface area contributed by atoms with Gasteiger partial charge in [0.05, 0.1) is 13.2 Å². The highest BCUT2D eigenvalue weighted by Crippen LogP contribution is 2.46. The topological polar surface area (TPSA) is 47.7 Å². The van der Waals surface area contributed by atoms with E-state index in [0.717, 1.165) is 48.5 Å². The summed E-state index contributed by atoms with van der Waals surface area (Å²) in [6.45, 7) is 3.22. The van der Waals surface area contributed by atoms with Crippen LogP contribution in [-0.4, -0.2) is 38.3 Å². The maximum atomic E-state index is 5.98. The molecular formula is C15H21BrN2O2. The molecule has 0 radical (unpaired) electrons. The lowest BCUT2D eigenvalue weighted by atomic mass is 9.98. The van der Waals surface area contributed by atoms with Crippen molar-refractivity contribution in [1.29, 1.82) is 0 Å². The first kappa shape index (κ1) is 14.2. The third kappa shape index (κ3) is 2.54. The molecule has 1 aromatic rings. The molecule has 1 saturated heterocycles. The molecule has 5 heteroatoms. The van der Waals surface area contributed by atoms with E-state index in [2.05, 4.69) is 33.9 Å². The lowest BCUT2D eigenvalue weighted by molar-refractivity contribution is 0.281. The molecule has 2 N–H and O–H groups in total. The van der Waals surface area contributed by atoms with Gasteiger partial charge in [-0.1, -0.05) is 15.9 Å². The van der Waals surface area contributed by atoms with Gasteiger partial charge in [-0.2, -0.15) is 0 Å². The molecule has 0 aromatic heterocycles. The molecular weight excluding hydrogens is 320 g/mol. The standard InChI is InChI=1S/C15H21BrN2O2/c1-18-9-10(8-17)7-12(18)14-11(16)3-4-13-15(14)20-6-2-5-19-13/h3-4,10,12H,2,5-9,17H2,1H3. The molecule has 0 aliphatic carbocycles. The number of fused-ring (bicyclic) bond motifs is 1. The zero-order valence-electron chi connectivity index (χ0n) is 11.8. The van der Waals surface area contributed by atoms with Crippen molar-refractivity contribution in [3.8, 4) is 11.5 Å². The minimum Gasteiger partial charge on any atom is -0.490 e. The summed E-state index contributed by atoms with van der Waals surface area (Å²) in [6.07, 6.45) is 2.00. The number of halogens is 1. The first-order valence-electron chi connectivity index (χ1n) is 7.19. The minimum absolute atomic E-state index is 0.342. The van der Waals surface area contributed by atoms with Crippen LogP contribution in [0, 0.1) is 5.92 Å². The van der Waals surface area contributed by atoms with Gasteiger partial charge in [0.25, 0.3) is 0 Å². The number of rotatable bonds is 2. The van der Waals surface area contributed by atoms with Crippen molar-refractivity contribution in [1.82, 2.24) is 4.90 Å². The van der Waals surface area contributed by atoms with E-state index in [-0.39, 0.29) is 0 Å². The fourth-order valence-electron chi connectivity index (χ4n) is 3.16. The molecule has 1 aromatic carbocycles. The van der Waals surface area contributed by atoms with Crippen LogP contribution in [0.5, 0.6) is 11.5 Å². The molecule has 20 heavy (non-hydrogen) atoms. The van der Waals surface area contributed by atoms with E-state index in [1.807, 2.05) is 6.07 Å². The predicted molar refractivity (Wildman–Crippen MR) is 82.3 cm³/mol. The van der Waals surface area contributed by atoms with Crippen LogP contribution in [0.3, 0.4) is 0 Å². The Morgan fingerprint density at radius 3 is 2.90 bits per heavy atom. The van der Waals surface area contributed by atoms with Crippen LogP contribution in [0.4, 0.5) is 0 Å². The maximum absolute atomic E-state index is 5.98. The number of nitrogens with two attached hydrogens (primary N) is 1. The van der Waals surface area contributed by atoms with Gasteiger partial charge in [0.2, 0.25) is 0 Å². The van der Waals surface area contributed by atoms with Crippen LogP contribution in [-0.2, 0) is 0 Å². The number of benzene rings is 1. The van der Waals surface area contributed by atoms with Crippen LogP contribution >= 0.6 is 15.9 Å². The number of ether oxygens (including phenoxy) is 2. The van der Waals surface area contributed by atoms with Gasteiger partial charge in [0, 0.05) is 29.0 Å². The zero-order valence-corrected chi connectivity index (χ0v) is 13.4. The van der Waals surface area contributed by atoms with E-state index < -0.39 is 0 Å². The molecule has 110 valence electrons. The SMILES string of the molecule is CN1CC(CN)CC1c1c(Br)ccc2c1OCCCO2. The Kier molecular flexibility index (Phi) is 4.19. The molecule has 2 unspecified atom stereocenters. The average molecular weight is 341 g/mol. The molecule has 0 amide bonds. The van der Waals surface area contributed by atoms with Gasteiger partial charge in [-0.25, -0.2) is 0 Å². The van der Waals surface area contributed by atoms with E-state index in [1.165, 1.54) is 5.56 Å². The monoisotopic (exact) mass is 340 g/mol. The summed E-state index contributed by atoms with van der Waals surface area (Å²) in [6, 6.07) is 4.39. The largest absolute Gasteiger partial charge is 0.490 e. The third-order valence-corrected chi connectivity index (χ3v) is 4.89. The molecule has 2 aliphatic heterocycles. The predicted octanol–water partition coefficient (Wildman–Crippen LogP) is 2.56. The Balaban J connectivity index is 2.00. The van der Waals surface area contributed by atoms with Gasteiger partial charge < -0.3 is 15.2 Å². The van der Waals surface area contributed by atoms with Crippen LogP contribution < -0.4 is 15.2 Å². The summed E-state index contributed by atoms with van der Waals surface area (Å²) in [5, 5.41) is 0. The van der Waals surface area contributed by atoms with Gasteiger partial charge in [-0.05, 0) is 38.1 Å². The number of likely N-dealkylation sites (tertiary alicyclic amines) is 1. The Hall–Kier alpha value is -0.780. The lowest BCUT2D eigenvalue weighted by Gasteiger charge is -2.24. The van der Waals surface area contributed by atoms with Gasteiger partial charge in [0.1, 0.15) is 0 Å². The molecule has 0 bridgehead atoms. The fraction of sp³-hybridized carbons (Fsp3) is 0.600. The molecule has 0 spiro atoms. The highest BCUT2D eigenvalue weighted by molar-refractivity contribution is 9.10. The van der Waals surface area contributed by atoms with Crippen LogP contribution in [0.1, 0.15) is 24.4 Å². The average Bonchev–Trinajstić information content (AvgIpc) is 2.67. The smallest absolute Gasteiger partial charge is 0.167 e. The van der Waals surface area contributed by atoms with Crippen molar-refractivity contribution in [3.63, 3.8) is 0 Å². The normalized spacial score (nSPS) is 26.6. The van der Waals surface area contributed by atoms with Gasteiger partial charge in [-0.15, -0.1) is 0 Å². The Labute approximate surface area is 128 Å². The highest BCUT2D eigenvalue weighted by Gasteiger charge is 2.34. The maximum Gasteiger partial charge on any atom is 0.167 e. The van der Waals surface area contributed by atoms with Crippen molar-refractivity contribution < 1.29 is 9.47 Å². The molecule has 1 fully saturated rings. The Bertz CT molecular complexity index is 495. The van der Waals surface area contributed by atoms with Crippen LogP contribution in [0.25, 0.3) is 0 Å². The molecule has 4 nitrogen and oxygen atoms in total. The molecule has 0 saturated carbocycles. The van der Waals surface area contributed by atoms with Gasteiger partial charge in [-0.3, -0.25) is 4.90 Å². The number of nitrogens with zero attached hydrogens (tertiary/aromatic N) is 1. The number of hydrogen-bond donors (Lipinski definition) is 1. The second-order valence-electron chi connectivity index (χ2n) is 5.63. The fourth-order valence-corrected chi connectivity index (χ4v) is 3.73. The Morgan fingerprint density at radius 2 is 2.15 bits per heavy atom. The summed E-state index contributed by atoms with van der Waals surface area (Å²) in [5.74, 6) is 2.33. The van der Waals surface area contributed by atoms with E-state index in [4.69, 9.17) is 15.2 Å². The second kappa shape index (κ2) is 5.92. The summed E-state index contributed by atoms with van der Waals surface area (Å²) in [7, 11) is 2.16. The number of hydrogen-bond acceptors (Lipinski definition) is 4. The molecule has 3 rings (SSSR count). The third-order valence-electron chi connectivity index (χ3n) is 4.20. The van der Waals surface area contributed by atoms with E-state index >= 15 is 0 Å². The first-order valence-corrected chi connectivity index (χ1v) is 7.98. The van der Waals surface area contributed by atoms with Gasteiger partial charge >= 0.3 is 0 Å². The molecule has 2 atom stereocenters. The van der Waals surface area contributed by atoms with Crippen LogP contribution in [0.2, 0.25) is 0 Å². The van der Waals surface area contributed by atoms with E-state index in [1.54, 1.807) is 0 Å². The van der Waals surface area contributed by atoms with Gasteiger partial charge in [0.15, 0.2) is 11.5 Å². The summed E-state index contributed by atoms with van der Waals surface area (Å²) in [4.78, 5) is 2.37. The Morgan fingerprint density at radius 1 is 1.35 bits per heavy atom. The highest BCUT2D eigenvalue weighted by atomic mass is 79.9. The zero-order chi connectivity index (χ0) is 14.1. The minimum atomic E-state index is 0.342. The van der Waals surface area contributed by atoms with Crippen molar-refractivity contribution in [2.75, 3.05) is 33.4 Å². The van der Waals surface area contributed by atoms with Crippen molar-refractivity contribution in [2.24, 2.45) is 11.7 Å². The van der Waals surface area contributed by atoms with E-state index in [9.17, 15) is 0 Å². The van der Waals surface area contributed by atoms with Crippen molar-refractivity contribution in [2.45, 2.75) is 18.9 Å². The summed E-state index contributed by atoms with van der Waals surface area (Å²) < 4.78 is 12.9. The summed E-state index contributed by atoms with van der Waals surface area (Å²) >= 11 is 3.69. The van der Waals surface area contributed by atoms with E-state index in [0.29, 0.717) is 18.6 Å². The van der Waals surface area contributed by atoms with Crippen molar-refractivity contribution >= 4 is 15.9 Å². The molecule has 2 aliphatic rings. The van der Waals surface area contributed by atoms with Crippen molar-refractivity contribution in [3.05, 3.63) is 22.2 Å². The quantitative estimate of drug-likeness (QED) is 0.898. The lowest BCUT2D eigenvalue weighted by Crippen LogP contribution is -2.21. The summed E-state index contributed by atoms with van der Waals surface area (Å²) in [5.41, 5.74) is 7.05. The first-order chi connectivity index (χ1) is 9.70. The van der Waals surface area contributed by atoms with Crippen LogP contribution in [0.15, 0.2) is 16.6 Å².